The van der Waals surface area contributed by atoms with Crippen LogP contribution in [0.1, 0.15) is 30.6 Å². The molecular formula is C12H14Cl2N2O3S. The van der Waals surface area contributed by atoms with E-state index in [-0.39, 0.29) is 32.0 Å². The van der Waals surface area contributed by atoms with E-state index in [1.807, 2.05) is 13.8 Å². The first-order valence-corrected chi connectivity index (χ1v) is 8.15. The van der Waals surface area contributed by atoms with E-state index in [0.29, 0.717) is 0 Å². The molecule has 1 amide bonds. The van der Waals surface area contributed by atoms with E-state index in [1.54, 1.807) is 0 Å². The smallest absolute Gasteiger partial charge is 0.253 e. The van der Waals surface area contributed by atoms with Crippen molar-refractivity contribution >= 4 is 39.1 Å². The molecule has 0 heterocycles. The van der Waals surface area contributed by atoms with Crippen LogP contribution in [-0.2, 0) is 10.0 Å². The molecule has 5 nitrogen and oxygen atoms in total. The fourth-order valence-electron chi connectivity index (χ4n) is 1.89. The van der Waals surface area contributed by atoms with Gasteiger partial charge in [0.1, 0.15) is 4.90 Å². The van der Waals surface area contributed by atoms with Crippen molar-refractivity contribution in [1.82, 2.24) is 5.32 Å². The third kappa shape index (κ3) is 3.09. The van der Waals surface area contributed by atoms with Crippen LogP contribution >= 0.6 is 23.2 Å². The Morgan fingerprint density at radius 2 is 1.95 bits per heavy atom. The summed E-state index contributed by atoms with van der Waals surface area (Å²) in [6.07, 6.45) is 0.860. The highest BCUT2D eigenvalue weighted by Crippen LogP contribution is 2.44. The Morgan fingerprint density at radius 1 is 1.40 bits per heavy atom. The summed E-state index contributed by atoms with van der Waals surface area (Å²) in [6.45, 7) is 4.04. The molecule has 1 aliphatic carbocycles. The van der Waals surface area contributed by atoms with Gasteiger partial charge < -0.3 is 5.32 Å². The van der Waals surface area contributed by atoms with Crippen LogP contribution in [0, 0.1) is 5.41 Å². The highest BCUT2D eigenvalue weighted by atomic mass is 35.5. The first-order chi connectivity index (χ1) is 9.02. The molecule has 0 saturated heterocycles. The number of nitrogens with two attached hydrogens (primary N) is 1. The van der Waals surface area contributed by atoms with Crippen LogP contribution in [0.25, 0.3) is 0 Å². The summed E-state index contributed by atoms with van der Waals surface area (Å²) in [5.74, 6) is -0.460. The zero-order valence-electron chi connectivity index (χ0n) is 10.9. The van der Waals surface area contributed by atoms with Crippen LogP contribution in [-0.4, -0.2) is 20.4 Å². The first kappa shape index (κ1) is 15.6. The van der Waals surface area contributed by atoms with Crippen molar-refractivity contribution in [2.75, 3.05) is 0 Å². The van der Waals surface area contributed by atoms with Gasteiger partial charge in [-0.3, -0.25) is 4.79 Å². The average Bonchev–Trinajstić information content (AvgIpc) is 2.87. The molecule has 110 valence electrons. The zero-order valence-corrected chi connectivity index (χ0v) is 13.2. The summed E-state index contributed by atoms with van der Waals surface area (Å²) in [5, 5.41) is 7.71. The van der Waals surface area contributed by atoms with Gasteiger partial charge in [-0.15, -0.1) is 0 Å². The van der Waals surface area contributed by atoms with Crippen LogP contribution in [0.5, 0.6) is 0 Å². The molecular weight excluding hydrogens is 323 g/mol. The minimum atomic E-state index is -4.04. The Balaban J connectivity index is 2.37. The highest BCUT2D eigenvalue weighted by Gasteiger charge is 2.46. The first-order valence-electron chi connectivity index (χ1n) is 5.85. The second kappa shape index (κ2) is 4.87. The molecule has 2 rings (SSSR count). The van der Waals surface area contributed by atoms with Crippen molar-refractivity contribution in [2.45, 2.75) is 31.2 Å². The van der Waals surface area contributed by atoms with Gasteiger partial charge in [-0.1, -0.05) is 37.0 Å². The number of rotatable bonds is 3. The van der Waals surface area contributed by atoms with E-state index in [1.165, 1.54) is 6.07 Å². The fraction of sp³-hybridized carbons (Fsp3) is 0.417. The molecule has 0 radical (unpaired) electrons. The minimum Gasteiger partial charge on any atom is -0.349 e. The van der Waals surface area contributed by atoms with Gasteiger partial charge in [0, 0.05) is 11.1 Å². The van der Waals surface area contributed by atoms with Gasteiger partial charge in [-0.25, -0.2) is 13.6 Å². The Kier molecular flexibility index (Phi) is 3.79. The van der Waals surface area contributed by atoms with Crippen molar-refractivity contribution in [3.8, 4) is 0 Å². The summed E-state index contributed by atoms with van der Waals surface area (Å²) < 4.78 is 22.8. The third-order valence-electron chi connectivity index (χ3n) is 3.37. The second-order valence-electron chi connectivity index (χ2n) is 5.53. The van der Waals surface area contributed by atoms with Crippen molar-refractivity contribution in [2.24, 2.45) is 10.6 Å². The van der Waals surface area contributed by atoms with Gasteiger partial charge in [-0.2, -0.15) is 0 Å². The number of amides is 1. The summed E-state index contributed by atoms with van der Waals surface area (Å²) in [4.78, 5) is 11.8. The molecule has 1 fully saturated rings. The Hall–Kier alpha value is -0.820. The Morgan fingerprint density at radius 3 is 2.40 bits per heavy atom. The van der Waals surface area contributed by atoms with Gasteiger partial charge in [0.05, 0.1) is 10.6 Å². The number of hydrogen-bond donors (Lipinski definition) is 2. The second-order valence-corrected chi connectivity index (χ2v) is 7.87. The Bertz CT molecular complexity index is 686. The monoisotopic (exact) mass is 336 g/mol. The van der Waals surface area contributed by atoms with Gasteiger partial charge in [0.2, 0.25) is 10.0 Å². The molecule has 20 heavy (non-hydrogen) atoms. The number of primary sulfonamides is 1. The maximum atomic E-state index is 12.1. The van der Waals surface area contributed by atoms with Gasteiger partial charge in [0.15, 0.2) is 0 Å². The number of sulfonamides is 1. The summed E-state index contributed by atoms with van der Waals surface area (Å²) in [6, 6.07) is 2.49. The molecule has 0 spiro atoms. The lowest BCUT2D eigenvalue weighted by Crippen LogP contribution is -2.29. The van der Waals surface area contributed by atoms with E-state index >= 15 is 0 Å². The van der Waals surface area contributed by atoms with Gasteiger partial charge in [0.25, 0.3) is 5.91 Å². The number of nitrogens with one attached hydrogen (secondary N) is 1. The molecule has 1 atom stereocenters. The van der Waals surface area contributed by atoms with Crippen LogP contribution in [0.3, 0.4) is 0 Å². The maximum absolute atomic E-state index is 12.1. The molecule has 1 saturated carbocycles. The molecule has 1 unspecified atom stereocenters. The molecule has 1 aliphatic rings. The maximum Gasteiger partial charge on any atom is 0.253 e. The van der Waals surface area contributed by atoms with Crippen LogP contribution in [0.2, 0.25) is 10.0 Å². The number of hydrogen-bond acceptors (Lipinski definition) is 3. The van der Waals surface area contributed by atoms with Crippen LogP contribution < -0.4 is 10.5 Å². The van der Waals surface area contributed by atoms with E-state index in [2.05, 4.69) is 5.32 Å². The highest BCUT2D eigenvalue weighted by molar-refractivity contribution is 7.89. The minimum absolute atomic E-state index is 0.00546. The molecule has 1 aromatic rings. The van der Waals surface area contributed by atoms with Crippen LogP contribution in [0.4, 0.5) is 0 Å². The quantitative estimate of drug-likeness (QED) is 0.886. The lowest BCUT2D eigenvalue weighted by atomic mass is 10.1. The van der Waals surface area contributed by atoms with E-state index in [9.17, 15) is 13.2 Å². The lowest BCUT2D eigenvalue weighted by molar-refractivity contribution is 0.0946. The molecule has 0 aromatic heterocycles. The fourth-order valence-corrected chi connectivity index (χ4v) is 3.34. The van der Waals surface area contributed by atoms with Crippen LogP contribution in [0.15, 0.2) is 17.0 Å². The molecule has 0 aliphatic heterocycles. The van der Waals surface area contributed by atoms with E-state index in [4.69, 9.17) is 28.3 Å². The normalized spacial score (nSPS) is 20.6. The van der Waals surface area contributed by atoms with Crippen molar-refractivity contribution < 1.29 is 13.2 Å². The van der Waals surface area contributed by atoms with Crippen molar-refractivity contribution in [3.05, 3.63) is 27.7 Å². The van der Waals surface area contributed by atoms with Gasteiger partial charge >= 0.3 is 0 Å². The number of carbonyl (C=O) groups excluding carboxylic acids is 1. The lowest BCUT2D eigenvalue weighted by Gasteiger charge is -2.11. The predicted octanol–water partition coefficient (Wildman–Crippen LogP) is 2.17. The third-order valence-corrected chi connectivity index (χ3v) is 5.05. The molecule has 3 N–H and O–H groups in total. The van der Waals surface area contributed by atoms with Crippen molar-refractivity contribution in [1.29, 1.82) is 0 Å². The summed E-state index contributed by atoms with van der Waals surface area (Å²) in [5.41, 5.74) is 0.0506. The molecule has 8 heteroatoms. The largest absolute Gasteiger partial charge is 0.349 e. The number of benzene rings is 1. The van der Waals surface area contributed by atoms with E-state index in [0.717, 1.165) is 12.5 Å². The average molecular weight is 337 g/mol. The van der Waals surface area contributed by atoms with Gasteiger partial charge in [-0.05, 0) is 24.0 Å². The molecule has 0 bridgehead atoms. The SMILES string of the molecule is CC1(C)CC1NC(=O)c1cc(Cl)cc(S(N)(=O)=O)c1Cl. The topological polar surface area (TPSA) is 89.3 Å². The molecule has 1 aromatic carbocycles. The number of carbonyl (C=O) groups is 1. The summed E-state index contributed by atoms with van der Waals surface area (Å²) >= 11 is 11.8. The Labute approximate surface area is 127 Å². The van der Waals surface area contributed by atoms with Crippen molar-refractivity contribution in [3.63, 3.8) is 0 Å². The summed E-state index contributed by atoms with van der Waals surface area (Å²) in [7, 11) is -4.04. The zero-order chi connectivity index (χ0) is 15.3. The predicted molar refractivity (Wildman–Crippen MR) is 77.5 cm³/mol. The standard InChI is InChI=1S/C12H14Cl2N2O3S/c1-12(2)5-9(12)16-11(17)7-3-6(13)4-8(10(7)14)20(15,18)19/h3-4,9H,5H2,1-2H3,(H,16,17)(H2,15,18,19). The van der Waals surface area contributed by atoms with E-state index < -0.39 is 15.9 Å². The number of halogens is 2.